The first kappa shape index (κ1) is 29.8. The van der Waals surface area contributed by atoms with E-state index < -0.39 is 17.9 Å². The summed E-state index contributed by atoms with van der Waals surface area (Å²) in [6, 6.07) is 19.0. The summed E-state index contributed by atoms with van der Waals surface area (Å²) < 4.78 is 0. The Morgan fingerprint density at radius 2 is 0.647 bits per heavy atom. The van der Waals surface area contributed by atoms with Crippen LogP contribution in [0.2, 0.25) is 0 Å². The van der Waals surface area contributed by atoms with E-state index in [1.165, 1.54) is 36.4 Å². The fourth-order valence-electron chi connectivity index (χ4n) is 2.27. The smallest absolute Gasteiger partial charge is 0.545 e. The van der Waals surface area contributed by atoms with Gasteiger partial charge in [-0.2, -0.15) is 0 Å². The molecule has 7 heteroatoms. The topological polar surface area (TPSA) is 120 Å². The van der Waals surface area contributed by atoms with Crippen molar-refractivity contribution in [3.8, 4) is 0 Å². The number of carbonyl (C=O) groups is 3. The van der Waals surface area contributed by atoms with Crippen LogP contribution in [0.25, 0.3) is 18.2 Å². The molecule has 0 fully saturated rings. The average molecular weight is 497 g/mol. The van der Waals surface area contributed by atoms with E-state index in [9.17, 15) is 29.7 Å². The molecule has 0 aliphatic carbocycles. The molecular formula is C27H21FeO6. The number of hydrogen-bond donors (Lipinski definition) is 0. The molecule has 0 heterocycles. The van der Waals surface area contributed by atoms with Crippen molar-refractivity contribution < 1.29 is 46.8 Å². The first-order valence-corrected chi connectivity index (χ1v) is 9.53. The molecule has 3 rings (SSSR count). The molecular weight excluding hydrogens is 476 g/mol. The van der Waals surface area contributed by atoms with Gasteiger partial charge in [0.15, 0.2) is 0 Å². The zero-order valence-electron chi connectivity index (χ0n) is 18.1. The fraction of sp³-hybridized carbons (Fsp3) is 0. The minimum atomic E-state index is -1.15. The minimum absolute atomic E-state index is 0. The molecule has 0 saturated carbocycles. The summed E-state index contributed by atoms with van der Waals surface area (Å²) in [5, 5.41) is 30.8. The largest absolute Gasteiger partial charge is 3.00 e. The maximum Gasteiger partial charge on any atom is 3.00 e. The Kier molecular flexibility index (Phi) is 13.7. The van der Waals surface area contributed by atoms with E-state index >= 15 is 0 Å². The Bertz CT molecular complexity index is 969. The van der Waals surface area contributed by atoms with Gasteiger partial charge in [0, 0.05) is 0 Å². The van der Waals surface area contributed by atoms with Gasteiger partial charge in [-0.1, -0.05) is 111 Å². The van der Waals surface area contributed by atoms with Gasteiger partial charge in [-0.05, 0) is 33.4 Å². The Hall–Kier alpha value is -4.19. The zero-order chi connectivity index (χ0) is 24.8. The van der Waals surface area contributed by atoms with Gasteiger partial charge in [0.1, 0.15) is 0 Å². The van der Waals surface area contributed by atoms with Crippen molar-refractivity contribution >= 4 is 36.1 Å². The van der Waals surface area contributed by atoms with Crippen LogP contribution in [0.15, 0.2) is 92.5 Å². The van der Waals surface area contributed by atoms with Gasteiger partial charge in [-0.25, -0.2) is 0 Å². The van der Waals surface area contributed by atoms with Crippen molar-refractivity contribution in [3.63, 3.8) is 0 Å². The molecule has 173 valence electrons. The monoisotopic (exact) mass is 497 g/mol. The average Bonchev–Trinajstić information content (AvgIpc) is 2.84. The molecule has 0 aliphatic rings. The Labute approximate surface area is 208 Å². The number of hydrogen-bond acceptors (Lipinski definition) is 6. The molecule has 0 aliphatic heterocycles. The Balaban J connectivity index is 0.000000473. The number of benzene rings is 3. The molecule has 0 N–H and O–H groups in total. The van der Waals surface area contributed by atoms with Crippen LogP contribution in [0.4, 0.5) is 0 Å². The van der Waals surface area contributed by atoms with Crippen LogP contribution in [0.5, 0.6) is 0 Å². The summed E-state index contributed by atoms with van der Waals surface area (Å²) in [4.78, 5) is 30.8. The van der Waals surface area contributed by atoms with Crippen molar-refractivity contribution in [2.24, 2.45) is 0 Å². The van der Waals surface area contributed by atoms with Crippen molar-refractivity contribution in [1.82, 2.24) is 0 Å². The Morgan fingerprint density at radius 3 is 0.765 bits per heavy atom. The first-order chi connectivity index (χ1) is 15.7. The summed E-state index contributed by atoms with van der Waals surface area (Å²) in [5.74, 6) is -3.46. The fourth-order valence-corrected chi connectivity index (χ4v) is 2.27. The van der Waals surface area contributed by atoms with Crippen LogP contribution >= 0.6 is 0 Å². The molecule has 3 aromatic carbocycles. The molecule has 0 atom stereocenters. The van der Waals surface area contributed by atoms with E-state index in [0.717, 1.165) is 16.7 Å². The molecule has 0 spiro atoms. The summed E-state index contributed by atoms with van der Waals surface area (Å²) in [6.45, 7) is 10.6. The van der Waals surface area contributed by atoms with Gasteiger partial charge < -0.3 is 29.7 Å². The quantitative estimate of drug-likeness (QED) is 0.481. The third-order valence-corrected chi connectivity index (χ3v) is 4.15. The van der Waals surface area contributed by atoms with Crippen LogP contribution in [0.1, 0.15) is 47.8 Å². The third-order valence-electron chi connectivity index (χ3n) is 4.15. The number of rotatable bonds is 6. The van der Waals surface area contributed by atoms with E-state index in [4.69, 9.17) is 0 Å². The van der Waals surface area contributed by atoms with Crippen molar-refractivity contribution in [1.29, 1.82) is 0 Å². The summed E-state index contributed by atoms with van der Waals surface area (Å²) in [7, 11) is 0. The molecule has 6 nitrogen and oxygen atoms in total. The standard InChI is InChI=1S/3C9H8O2.Fe/c3*1-2-7-3-5-8(6-4-7)9(10)11;/h3*2-6H,1H2,(H,10,11);/q;;;+3/p-3. The van der Waals surface area contributed by atoms with Crippen molar-refractivity contribution in [2.75, 3.05) is 0 Å². The molecule has 34 heavy (non-hydrogen) atoms. The van der Waals surface area contributed by atoms with E-state index in [2.05, 4.69) is 19.7 Å². The van der Waals surface area contributed by atoms with Crippen LogP contribution in [0, 0.1) is 0 Å². The van der Waals surface area contributed by atoms with Gasteiger partial charge in [0.05, 0.1) is 17.9 Å². The number of aromatic carboxylic acids is 3. The van der Waals surface area contributed by atoms with Crippen molar-refractivity contribution in [2.45, 2.75) is 0 Å². The predicted octanol–water partition coefficient (Wildman–Crippen LogP) is 2.08. The third kappa shape index (κ3) is 10.4. The number of carbonyl (C=O) groups excluding carboxylic acids is 3. The second kappa shape index (κ2) is 15.6. The van der Waals surface area contributed by atoms with Crippen LogP contribution in [-0.2, 0) is 17.1 Å². The molecule has 1 radical (unpaired) electrons. The second-order valence-electron chi connectivity index (χ2n) is 6.34. The molecule has 0 saturated heterocycles. The number of carboxylic acids is 3. The summed E-state index contributed by atoms with van der Waals surface area (Å²) >= 11 is 0. The summed E-state index contributed by atoms with van der Waals surface area (Å²) in [5.41, 5.74) is 3.27. The first-order valence-electron chi connectivity index (χ1n) is 9.53. The molecule has 0 aromatic heterocycles. The SMILES string of the molecule is C=Cc1ccc(C(=O)[O-])cc1.C=Cc1ccc(C(=O)[O-])cc1.C=Cc1ccc(C(=O)[O-])cc1.[Fe+3]. The van der Waals surface area contributed by atoms with Gasteiger partial charge >= 0.3 is 17.1 Å². The molecule has 0 amide bonds. The maximum atomic E-state index is 10.3. The van der Waals surface area contributed by atoms with Crippen LogP contribution in [0.3, 0.4) is 0 Å². The van der Waals surface area contributed by atoms with Crippen LogP contribution in [-0.4, -0.2) is 17.9 Å². The van der Waals surface area contributed by atoms with Gasteiger partial charge in [-0.3, -0.25) is 0 Å². The van der Waals surface area contributed by atoms with E-state index in [0.29, 0.717) is 0 Å². The Morgan fingerprint density at radius 1 is 0.471 bits per heavy atom. The maximum absolute atomic E-state index is 10.3. The van der Waals surface area contributed by atoms with Crippen molar-refractivity contribution in [3.05, 3.63) is 126 Å². The minimum Gasteiger partial charge on any atom is -0.545 e. The second-order valence-corrected chi connectivity index (χ2v) is 6.34. The number of carboxylic acid groups (broad SMARTS) is 3. The van der Waals surface area contributed by atoms with E-state index in [1.807, 2.05) is 0 Å². The van der Waals surface area contributed by atoms with Gasteiger partial charge in [-0.15, -0.1) is 0 Å². The van der Waals surface area contributed by atoms with Gasteiger partial charge in [0.2, 0.25) is 0 Å². The molecule has 0 unspecified atom stereocenters. The molecule has 0 bridgehead atoms. The van der Waals surface area contributed by atoms with Gasteiger partial charge in [0.25, 0.3) is 0 Å². The zero-order valence-corrected chi connectivity index (χ0v) is 19.2. The summed E-state index contributed by atoms with van der Waals surface area (Å²) in [6.07, 6.45) is 4.96. The van der Waals surface area contributed by atoms with Crippen LogP contribution < -0.4 is 15.3 Å². The predicted molar refractivity (Wildman–Crippen MR) is 123 cm³/mol. The normalized spacial score (nSPS) is 8.82. The van der Waals surface area contributed by atoms with E-state index in [-0.39, 0.29) is 33.8 Å². The molecule has 3 aromatic rings. The van der Waals surface area contributed by atoms with E-state index in [1.54, 1.807) is 54.6 Å².